The molecular formula is C10H21N3O. The van der Waals surface area contributed by atoms with Gasteiger partial charge in [0.05, 0.1) is 6.54 Å². The average molecular weight is 199 g/mol. The van der Waals surface area contributed by atoms with Gasteiger partial charge < -0.3 is 11.1 Å². The summed E-state index contributed by atoms with van der Waals surface area (Å²) < 4.78 is 0. The molecule has 1 heterocycles. The van der Waals surface area contributed by atoms with Crippen LogP contribution in [0.25, 0.3) is 0 Å². The number of hydrogen-bond donors (Lipinski definition) is 2. The van der Waals surface area contributed by atoms with E-state index in [1.165, 1.54) is 0 Å². The fourth-order valence-corrected chi connectivity index (χ4v) is 1.81. The Morgan fingerprint density at radius 3 is 2.79 bits per heavy atom. The maximum atomic E-state index is 11.3. The second-order valence-corrected chi connectivity index (χ2v) is 5.01. The van der Waals surface area contributed by atoms with Gasteiger partial charge in [-0.2, -0.15) is 0 Å². The molecule has 1 aliphatic heterocycles. The van der Waals surface area contributed by atoms with Gasteiger partial charge >= 0.3 is 0 Å². The smallest absolute Gasteiger partial charge is 0.234 e. The zero-order valence-electron chi connectivity index (χ0n) is 9.34. The summed E-state index contributed by atoms with van der Waals surface area (Å²) >= 11 is 0. The first-order valence-corrected chi connectivity index (χ1v) is 5.15. The molecule has 4 heteroatoms. The van der Waals surface area contributed by atoms with Crippen molar-refractivity contribution in [2.75, 3.05) is 26.2 Å². The molecular weight excluding hydrogens is 178 g/mol. The second kappa shape index (κ2) is 4.28. The van der Waals surface area contributed by atoms with Crippen molar-refractivity contribution in [3.63, 3.8) is 0 Å². The summed E-state index contributed by atoms with van der Waals surface area (Å²) in [7, 11) is 0. The van der Waals surface area contributed by atoms with E-state index in [0.29, 0.717) is 13.1 Å². The summed E-state index contributed by atoms with van der Waals surface area (Å²) in [6, 6.07) is 0.254. The van der Waals surface area contributed by atoms with Crippen LogP contribution in [-0.2, 0) is 4.79 Å². The van der Waals surface area contributed by atoms with Crippen LogP contribution >= 0.6 is 0 Å². The summed E-state index contributed by atoms with van der Waals surface area (Å²) in [6.07, 6.45) is 0. The first kappa shape index (κ1) is 11.5. The maximum absolute atomic E-state index is 11.3. The standard InChI is InChI=1S/C10H21N3O/c1-8-4-13(5-9(14)12-8)7-10(2,3)6-11/h8H,4-7,11H2,1-3H3,(H,12,14). The fourth-order valence-electron chi connectivity index (χ4n) is 1.81. The van der Waals surface area contributed by atoms with Crippen LogP contribution < -0.4 is 11.1 Å². The summed E-state index contributed by atoms with van der Waals surface area (Å²) in [5, 5.41) is 2.90. The molecule has 1 unspecified atom stereocenters. The SMILES string of the molecule is CC1CN(CC(C)(C)CN)CC(=O)N1. The Balaban J connectivity index is 2.48. The number of nitrogens with one attached hydrogen (secondary N) is 1. The minimum absolute atomic E-state index is 0.0946. The second-order valence-electron chi connectivity index (χ2n) is 5.01. The number of hydrogen-bond acceptors (Lipinski definition) is 3. The highest BCUT2D eigenvalue weighted by Crippen LogP contribution is 2.15. The summed E-state index contributed by atoms with van der Waals surface area (Å²) in [4.78, 5) is 13.5. The average Bonchev–Trinajstić information content (AvgIpc) is 2.01. The molecule has 0 radical (unpaired) electrons. The van der Waals surface area contributed by atoms with Crippen molar-refractivity contribution < 1.29 is 4.79 Å². The number of rotatable bonds is 3. The highest BCUT2D eigenvalue weighted by Gasteiger charge is 2.26. The molecule has 82 valence electrons. The molecule has 0 spiro atoms. The Morgan fingerprint density at radius 1 is 1.64 bits per heavy atom. The predicted molar refractivity (Wildman–Crippen MR) is 56.9 cm³/mol. The predicted octanol–water partition coefficient (Wildman–Crippen LogP) is -0.208. The van der Waals surface area contributed by atoms with Crippen LogP contribution in [0.5, 0.6) is 0 Å². The third-order valence-corrected chi connectivity index (χ3v) is 2.51. The largest absolute Gasteiger partial charge is 0.351 e. The van der Waals surface area contributed by atoms with E-state index in [-0.39, 0.29) is 17.4 Å². The molecule has 4 nitrogen and oxygen atoms in total. The number of nitrogens with zero attached hydrogens (tertiary/aromatic N) is 1. The number of carbonyl (C=O) groups is 1. The molecule has 14 heavy (non-hydrogen) atoms. The molecule has 0 bridgehead atoms. The molecule has 1 rings (SSSR count). The Labute approximate surface area is 85.8 Å². The number of amides is 1. The van der Waals surface area contributed by atoms with Crippen molar-refractivity contribution in [2.45, 2.75) is 26.8 Å². The van der Waals surface area contributed by atoms with Gasteiger partial charge in [0.25, 0.3) is 0 Å². The van der Waals surface area contributed by atoms with Gasteiger partial charge in [-0.25, -0.2) is 0 Å². The monoisotopic (exact) mass is 199 g/mol. The molecule has 1 aliphatic rings. The maximum Gasteiger partial charge on any atom is 0.234 e. The normalized spacial score (nSPS) is 24.9. The third-order valence-electron chi connectivity index (χ3n) is 2.51. The molecule has 1 saturated heterocycles. The summed E-state index contributed by atoms with van der Waals surface area (Å²) in [5.74, 6) is 0.122. The fraction of sp³-hybridized carbons (Fsp3) is 0.900. The van der Waals surface area contributed by atoms with Gasteiger partial charge in [0, 0.05) is 19.1 Å². The minimum atomic E-state index is 0.0946. The molecule has 1 fully saturated rings. The molecule has 0 aromatic heterocycles. The number of nitrogens with two attached hydrogens (primary N) is 1. The van der Waals surface area contributed by atoms with Gasteiger partial charge in [-0.05, 0) is 18.9 Å². The zero-order valence-corrected chi connectivity index (χ0v) is 9.34. The Hall–Kier alpha value is -0.610. The van der Waals surface area contributed by atoms with Gasteiger partial charge in [0.15, 0.2) is 0 Å². The lowest BCUT2D eigenvalue weighted by molar-refractivity contribution is -0.125. The highest BCUT2D eigenvalue weighted by atomic mass is 16.2. The number of carbonyl (C=O) groups excluding carboxylic acids is 1. The minimum Gasteiger partial charge on any atom is -0.351 e. The van der Waals surface area contributed by atoms with Gasteiger partial charge in [0.2, 0.25) is 5.91 Å². The molecule has 1 amide bonds. The van der Waals surface area contributed by atoms with Crippen molar-refractivity contribution in [3.8, 4) is 0 Å². The van der Waals surface area contributed by atoms with Gasteiger partial charge in [-0.15, -0.1) is 0 Å². The van der Waals surface area contributed by atoms with E-state index in [0.717, 1.165) is 13.1 Å². The van der Waals surface area contributed by atoms with Gasteiger partial charge in [-0.1, -0.05) is 13.8 Å². The van der Waals surface area contributed by atoms with Crippen LogP contribution in [0, 0.1) is 5.41 Å². The molecule has 1 atom stereocenters. The Bertz CT molecular complexity index is 215. The Morgan fingerprint density at radius 2 is 2.29 bits per heavy atom. The van der Waals surface area contributed by atoms with Crippen LogP contribution in [0.15, 0.2) is 0 Å². The first-order chi connectivity index (χ1) is 6.43. The van der Waals surface area contributed by atoms with Gasteiger partial charge in [-0.3, -0.25) is 9.69 Å². The van der Waals surface area contributed by atoms with Gasteiger partial charge in [0.1, 0.15) is 0 Å². The van der Waals surface area contributed by atoms with E-state index in [1.807, 2.05) is 6.92 Å². The molecule has 0 aliphatic carbocycles. The van der Waals surface area contributed by atoms with Crippen LogP contribution in [0.4, 0.5) is 0 Å². The van der Waals surface area contributed by atoms with Crippen LogP contribution in [0.1, 0.15) is 20.8 Å². The first-order valence-electron chi connectivity index (χ1n) is 5.15. The van der Waals surface area contributed by atoms with E-state index < -0.39 is 0 Å². The summed E-state index contributed by atoms with van der Waals surface area (Å²) in [5.41, 5.74) is 5.76. The Kier molecular flexibility index (Phi) is 3.50. The van der Waals surface area contributed by atoms with Crippen LogP contribution in [0.3, 0.4) is 0 Å². The van der Waals surface area contributed by atoms with E-state index in [1.54, 1.807) is 0 Å². The third kappa shape index (κ3) is 3.27. The molecule has 3 N–H and O–H groups in total. The van der Waals surface area contributed by atoms with E-state index in [2.05, 4.69) is 24.1 Å². The van der Waals surface area contributed by atoms with Crippen molar-refractivity contribution in [1.82, 2.24) is 10.2 Å². The van der Waals surface area contributed by atoms with E-state index in [9.17, 15) is 4.79 Å². The van der Waals surface area contributed by atoms with Crippen molar-refractivity contribution in [1.29, 1.82) is 0 Å². The quantitative estimate of drug-likeness (QED) is 0.661. The van der Waals surface area contributed by atoms with E-state index >= 15 is 0 Å². The zero-order chi connectivity index (χ0) is 10.8. The van der Waals surface area contributed by atoms with Crippen LogP contribution in [0.2, 0.25) is 0 Å². The van der Waals surface area contributed by atoms with E-state index in [4.69, 9.17) is 5.73 Å². The number of piperazine rings is 1. The van der Waals surface area contributed by atoms with Crippen molar-refractivity contribution >= 4 is 5.91 Å². The van der Waals surface area contributed by atoms with Crippen molar-refractivity contribution in [3.05, 3.63) is 0 Å². The molecule has 0 aromatic carbocycles. The van der Waals surface area contributed by atoms with Crippen molar-refractivity contribution in [2.24, 2.45) is 11.1 Å². The topological polar surface area (TPSA) is 58.4 Å². The highest BCUT2D eigenvalue weighted by molar-refractivity contribution is 5.79. The molecule has 0 aromatic rings. The molecule has 0 saturated carbocycles. The van der Waals surface area contributed by atoms with Crippen LogP contribution in [-0.4, -0.2) is 43.0 Å². The lowest BCUT2D eigenvalue weighted by atomic mass is 9.92. The summed E-state index contributed by atoms with van der Waals surface area (Å²) in [6.45, 7) is 9.26. The lowest BCUT2D eigenvalue weighted by Gasteiger charge is -2.36. The lowest BCUT2D eigenvalue weighted by Crippen LogP contribution is -2.55.